The molecule has 2 atom stereocenters. The molecule has 2 unspecified atom stereocenters. The highest BCUT2D eigenvalue weighted by molar-refractivity contribution is 5.28. The fourth-order valence-corrected chi connectivity index (χ4v) is 2.26. The lowest BCUT2D eigenvalue weighted by Gasteiger charge is -2.28. The molecule has 1 aromatic carbocycles. The molecule has 0 spiro atoms. The highest BCUT2D eigenvalue weighted by atomic mass is 19.4. The summed E-state index contributed by atoms with van der Waals surface area (Å²) in [6.45, 7) is 2.92. The van der Waals surface area contributed by atoms with Crippen molar-refractivity contribution < 1.29 is 17.6 Å². The molecule has 0 bridgehead atoms. The minimum Gasteiger partial charge on any atom is -0.310 e. The zero-order chi connectivity index (χ0) is 13.3. The standard InChI is InChI=1S/C13H15F4N/c1-8-2-5-12(18-7-8)9-3-4-10(11(14)6-9)13(15,16)17/h3-4,6,8,12,18H,2,5,7H2,1H3. The second-order valence-electron chi connectivity index (χ2n) is 4.88. The number of piperidine rings is 1. The van der Waals surface area contributed by atoms with Crippen molar-refractivity contribution in [3.63, 3.8) is 0 Å². The second-order valence-corrected chi connectivity index (χ2v) is 4.88. The molecule has 1 aliphatic heterocycles. The van der Waals surface area contributed by atoms with Gasteiger partial charge in [-0.25, -0.2) is 4.39 Å². The van der Waals surface area contributed by atoms with Crippen LogP contribution in [0.25, 0.3) is 0 Å². The van der Waals surface area contributed by atoms with Gasteiger partial charge in [0.15, 0.2) is 0 Å². The van der Waals surface area contributed by atoms with E-state index in [1.165, 1.54) is 6.07 Å². The van der Waals surface area contributed by atoms with Gasteiger partial charge in [-0.2, -0.15) is 13.2 Å². The topological polar surface area (TPSA) is 12.0 Å². The Morgan fingerprint density at radius 3 is 2.44 bits per heavy atom. The van der Waals surface area contributed by atoms with Crippen LogP contribution in [0.15, 0.2) is 18.2 Å². The highest BCUT2D eigenvalue weighted by Gasteiger charge is 2.34. The van der Waals surface area contributed by atoms with E-state index in [0.29, 0.717) is 11.5 Å². The first-order valence-corrected chi connectivity index (χ1v) is 5.98. The van der Waals surface area contributed by atoms with Crippen molar-refractivity contribution in [2.24, 2.45) is 5.92 Å². The number of nitrogens with one attached hydrogen (secondary N) is 1. The van der Waals surface area contributed by atoms with E-state index in [2.05, 4.69) is 12.2 Å². The highest BCUT2D eigenvalue weighted by Crippen LogP contribution is 2.33. The van der Waals surface area contributed by atoms with E-state index in [4.69, 9.17) is 0 Å². The van der Waals surface area contributed by atoms with Crippen LogP contribution >= 0.6 is 0 Å². The Hall–Kier alpha value is -1.10. The molecule has 2 rings (SSSR count). The van der Waals surface area contributed by atoms with Gasteiger partial charge in [0.05, 0.1) is 5.56 Å². The van der Waals surface area contributed by atoms with E-state index in [1.807, 2.05) is 0 Å². The quantitative estimate of drug-likeness (QED) is 0.756. The van der Waals surface area contributed by atoms with Crippen LogP contribution in [0.1, 0.15) is 36.9 Å². The molecule has 100 valence electrons. The monoisotopic (exact) mass is 261 g/mol. The van der Waals surface area contributed by atoms with Crippen molar-refractivity contribution in [3.8, 4) is 0 Å². The molecular weight excluding hydrogens is 246 g/mol. The predicted octanol–water partition coefficient (Wildman–Crippen LogP) is 3.91. The minimum atomic E-state index is -4.63. The van der Waals surface area contributed by atoms with Crippen molar-refractivity contribution in [2.45, 2.75) is 32.0 Å². The number of benzene rings is 1. The van der Waals surface area contributed by atoms with Gasteiger partial charge in [0.1, 0.15) is 5.82 Å². The SMILES string of the molecule is CC1CCC(c2ccc(C(F)(F)F)c(F)c2)NC1. The third-order valence-corrected chi connectivity index (χ3v) is 3.36. The van der Waals surface area contributed by atoms with Crippen LogP contribution in [-0.2, 0) is 6.18 Å². The Bertz CT molecular complexity index is 419. The summed E-state index contributed by atoms with van der Waals surface area (Å²) in [6, 6.07) is 3.14. The number of alkyl halides is 3. The number of halogens is 4. The molecule has 0 aliphatic carbocycles. The molecule has 1 aromatic rings. The van der Waals surface area contributed by atoms with E-state index < -0.39 is 17.6 Å². The fourth-order valence-electron chi connectivity index (χ4n) is 2.26. The summed E-state index contributed by atoms with van der Waals surface area (Å²) in [5.74, 6) is -0.638. The lowest BCUT2D eigenvalue weighted by molar-refractivity contribution is -0.140. The van der Waals surface area contributed by atoms with E-state index in [9.17, 15) is 17.6 Å². The summed E-state index contributed by atoms with van der Waals surface area (Å²) < 4.78 is 50.7. The average Bonchev–Trinajstić information content (AvgIpc) is 2.28. The molecule has 5 heteroatoms. The molecular formula is C13H15F4N. The molecule has 0 amide bonds. The van der Waals surface area contributed by atoms with Crippen molar-refractivity contribution in [1.29, 1.82) is 0 Å². The summed E-state index contributed by atoms with van der Waals surface area (Å²) in [5, 5.41) is 3.22. The zero-order valence-electron chi connectivity index (χ0n) is 10.0. The first-order valence-electron chi connectivity index (χ1n) is 5.98. The van der Waals surface area contributed by atoms with Crippen molar-refractivity contribution >= 4 is 0 Å². The normalized spacial score (nSPS) is 25.2. The third kappa shape index (κ3) is 2.83. The maximum Gasteiger partial charge on any atom is 0.419 e. The summed E-state index contributed by atoms with van der Waals surface area (Å²) in [6.07, 6.45) is -2.80. The Balaban J connectivity index is 2.19. The molecule has 1 heterocycles. The van der Waals surface area contributed by atoms with Crippen molar-refractivity contribution in [1.82, 2.24) is 5.32 Å². The van der Waals surface area contributed by atoms with Gasteiger partial charge in [-0.15, -0.1) is 0 Å². The number of hydrogen-bond acceptors (Lipinski definition) is 1. The van der Waals surface area contributed by atoms with Gasteiger partial charge in [-0.1, -0.05) is 13.0 Å². The molecule has 0 aromatic heterocycles. The van der Waals surface area contributed by atoms with Crippen molar-refractivity contribution in [2.75, 3.05) is 6.54 Å². The van der Waals surface area contributed by atoms with Crippen LogP contribution in [0.3, 0.4) is 0 Å². The third-order valence-electron chi connectivity index (χ3n) is 3.36. The smallest absolute Gasteiger partial charge is 0.310 e. The van der Waals surface area contributed by atoms with Crippen molar-refractivity contribution in [3.05, 3.63) is 35.1 Å². The van der Waals surface area contributed by atoms with Gasteiger partial charge in [0, 0.05) is 6.04 Å². The first kappa shape index (κ1) is 13.3. The van der Waals surface area contributed by atoms with Crippen LogP contribution < -0.4 is 5.32 Å². The van der Waals surface area contributed by atoms with E-state index in [-0.39, 0.29) is 6.04 Å². The Morgan fingerprint density at radius 2 is 1.94 bits per heavy atom. The molecule has 1 fully saturated rings. The van der Waals surface area contributed by atoms with Gasteiger partial charge in [0.25, 0.3) is 0 Å². The van der Waals surface area contributed by atoms with Crippen LogP contribution in [0.4, 0.5) is 17.6 Å². The number of hydrogen-bond donors (Lipinski definition) is 1. The molecule has 0 saturated carbocycles. The van der Waals surface area contributed by atoms with Gasteiger partial charge in [-0.3, -0.25) is 0 Å². The Morgan fingerprint density at radius 1 is 1.22 bits per heavy atom. The van der Waals surface area contributed by atoms with Crippen LogP contribution in [-0.4, -0.2) is 6.54 Å². The molecule has 18 heavy (non-hydrogen) atoms. The van der Waals surface area contributed by atoms with Crippen LogP contribution in [0.5, 0.6) is 0 Å². The molecule has 1 saturated heterocycles. The van der Waals surface area contributed by atoms with Crippen LogP contribution in [0, 0.1) is 11.7 Å². The van der Waals surface area contributed by atoms with Gasteiger partial charge in [-0.05, 0) is 43.0 Å². The molecule has 1 nitrogen and oxygen atoms in total. The summed E-state index contributed by atoms with van der Waals surface area (Å²) in [4.78, 5) is 0. The summed E-state index contributed by atoms with van der Waals surface area (Å²) >= 11 is 0. The summed E-state index contributed by atoms with van der Waals surface area (Å²) in [7, 11) is 0. The van der Waals surface area contributed by atoms with Crippen LogP contribution in [0.2, 0.25) is 0 Å². The molecule has 1 aliphatic rings. The maximum atomic E-state index is 13.4. The predicted molar refractivity (Wildman–Crippen MR) is 60.5 cm³/mol. The second kappa shape index (κ2) is 4.88. The summed E-state index contributed by atoms with van der Waals surface area (Å²) in [5.41, 5.74) is -0.608. The number of rotatable bonds is 1. The molecule has 1 N–H and O–H groups in total. The van der Waals surface area contributed by atoms with E-state index in [0.717, 1.165) is 31.5 Å². The van der Waals surface area contributed by atoms with E-state index in [1.54, 1.807) is 0 Å². The Kier molecular flexibility index (Phi) is 3.61. The zero-order valence-corrected chi connectivity index (χ0v) is 10.0. The maximum absolute atomic E-state index is 13.4. The lowest BCUT2D eigenvalue weighted by Crippen LogP contribution is -2.32. The van der Waals surface area contributed by atoms with Gasteiger partial charge in [0.2, 0.25) is 0 Å². The molecule has 0 radical (unpaired) electrons. The largest absolute Gasteiger partial charge is 0.419 e. The Labute approximate surface area is 103 Å². The van der Waals surface area contributed by atoms with E-state index >= 15 is 0 Å². The first-order chi connectivity index (χ1) is 8.38. The lowest BCUT2D eigenvalue weighted by atomic mass is 9.91. The fraction of sp³-hybridized carbons (Fsp3) is 0.538. The average molecular weight is 261 g/mol. The van der Waals surface area contributed by atoms with Gasteiger partial charge < -0.3 is 5.32 Å². The van der Waals surface area contributed by atoms with Gasteiger partial charge >= 0.3 is 6.18 Å². The minimum absolute atomic E-state index is 0.0435.